The van der Waals surface area contributed by atoms with Crippen LogP contribution in [0.2, 0.25) is 0 Å². The van der Waals surface area contributed by atoms with Crippen LogP contribution in [0.1, 0.15) is 57.6 Å². The highest BCUT2D eigenvalue weighted by molar-refractivity contribution is 5.63. The molecule has 0 spiro atoms. The van der Waals surface area contributed by atoms with Crippen molar-refractivity contribution < 1.29 is 17.9 Å². The second-order valence-corrected chi connectivity index (χ2v) is 7.62. The molecule has 0 saturated heterocycles. The average Bonchev–Trinajstić information content (AvgIpc) is 2.66. The lowest BCUT2D eigenvalue weighted by molar-refractivity contribution is -0.137. The zero-order chi connectivity index (χ0) is 21.4. The molecule has 0 unspecified atom stereocenters. The molecule has 7 heteroatoms. The van der Waals surface area contributed by atoms with Crippen molar-refractivity contribution in [3.8, 4) is 6.01 Å². The maximum absolute atomic E-state index is 13.5. The van der Waals surface area contributed by atoms with E-state index < -0.39 is 11.7 Å². The van der Waals surface area contributed by atoms with Gasteiger partial charge in [0.2, 0.25) is 0 Å². The summed E-state index contributed by atoms with van der Waals surface area (Å²) in [7, 11) is 1.57. The van der Waals surface area contributed by atoms with Gasteiger partial charge in [-0.3, -0.25) is 0 Å². The van der Waals surface area contributed by atoms with E-state index in [2.05, 4.69) is 30.7 Å². The van der Waals surface area contributed by atoms with E-state index in [0.29, 0.717) is 18.2 Å². The number of benzene rings is 1. The molecule has 0 atom stereocenters. The SMILES string of the molecule is CCCCCCOc1ncc(C(F)(F)F)c(N(C)c2ccc(CC(C)C)cc2)n1. The first kappa shape index (κ1) is 23.0. The molecular weight excluding hydrogens is 379 g/mol. The van der Waals surface area contributed by atoms with Gasteiger partial charge in [0.25, 0.3) is 0 Å². The topological polar surface area (TPSA) is 38.2 Å². The molecule has 0 N–H and O–H groups in total. The predicted octanol–water partition coefficient (Wildman–Crippen LogP) is 6.42. The highest BCUT2D eigenvalue weighted by atomic mass is 19.4. The van der Waals surface area contributed by atoms with E-state index in [1.165, 1.54) is 4.90 Å². The van der Waals surface area contributed by atoms with Crippen molar-refractivity contribution in [3.05, 3.63) is 41.6 Å². The van der Waals surface area contributed by atoms with Crippen molar-refractivity contribution >= 4 is 11.5 Å². The van der Waals surface area contributed by atoms with E-state index in [-0.39, 0.29) is 11.8 Å². The Labute approximate surface area is 171 Å². The molecule has 0 radical (unpaired) electrons. The lowest BCUT2D eigenvalue weighted by Gasteiger charge is -2.23. The fraction of sp³-hybridized carbons (Fsp3) is 0.545. The highest BCUT2D eigenvalue weighted by Crippen LogP contribution is 2.37. The molecule has 4 nitrogen and oxygen atoms in total. The van der Waals surface area contributed by atoms with Gasteiger partial charge in [-0.2, -0.15) is 18.2 Å². The van der Waals surface area contributed by atoms with Crippen LogP contribution >= 0.6 is 0 Å². The second-order valence-electron chi connectivity index (χ2n) is 7.62. The van der Waals surface area contributed by atoms with Crippen LogP contribution in [0.3, 0.4) is 0 Å². The Kier molecular flexibility index (Phi) is 8.29. The van der Waals surface area contributed by atoms with E-state index in [4.69, 9.17) is 4.74 Å². The standard InChI is InChI=1S/C22H30F3N3O/c1-5-6-7-8-13-29-21-26-15-19(22(23,24)25)20(27-21)28(4)18-11-9-17(10-12-18)14-16(2)3/h9-12,15-16H,5-8,13-14H2,1-4H3. The summed E-state index contributed by atoms with van der Waals surface area (Å²) in [5.74, 6) is 0.293. The Morgan fingerprint density at radius 2 is 1.76 bits per heavy atom. The summed E-state index contributed by atoms with van der Waals surface area (Å²) in [4.78, 5) is 9.27. The van der Waals surface area contributed by atoms with E-state index in [1.807, 2.05) is 24.3 Å². The van der Waals surface area contributed by atoms with Gasteiger partial charge in [0.05, 0.1) is 6.61 Å². The number of halogens is 3. The van der Waals surface area contributed by atoms with Gasteiger partial charge >= 0.3 is 12.2 Å². The number of rotatable bonds is 10. The first-order chi connectivity index (χ1) is 13.7. The molecule has 2 rings (SSSR count). The van der Waals surface area contributed by atoms with E-state index in [1.54, 1.807) is 7.05 Å². The molecule has 1 heterocycles. The van der Waals surface area contributed by atoms with E-state index >= 15 is 0 Å². The van der Waals surface area contributed by atoms with Gasteiger partial charge in [-0.1, -0.05) is 52.2 Å². The van der Waals surface area contributed by atoms with Crippen LogP contribution in [0.4, 0.5) is 24.7 Å². The molecule has 1 aromatic heterocycles. The minimum absolute atomic E-state index is 0.0345. The lowest BCUT2D eigenvalue weighted by Crippen LogP contribution is -2.19. The van der Waals surface area contributed by atoms with Gasteiger partial charge in [-0.25, -0.2) is 4.98 Å². The van der Waals surface area contributed by atoms with Crippen LogP contribution in [0.25, 0.3) is 0 Å². The Balaban J connectivity index is 2.23. The van der Waals surface area contributed by atoms with Gasteiger partial charge in [0.15, 0.2) is 5.82 Å². The summed E-state index contributed by atoms with van der Waals surface area (Å²) >= 11 is 0. The van der Waals surface area contributed by atoms with Crippen LogP contribution in [0, 0.1) is 5.92 Å². The fourth-order valence-electron chi connectivity index (χ4n) is 3.02. The van der Waals surface area contributed by atoms with Gasteiger partial charge in [-0.05, 0) is 36.5 Å². The molecule has 0 aliphatic carbocycles. The van der Waals surface area contributed by atoms with Crippen LogP contribution in [0.15, 0.2) is 30.5 Å². The van der Waals surface area contributed by atoms with Crippen molar-refractivity contribution in [3.63, 3.8) is 0 Å². The number of hydrogen-bond donors (Lipinski definition) is 0. The molecule has 0 aliphatic heterocycles. The third kappa shape index (κ3) is 6.91. The van der Waals surface area contributed by atoms with Crippen molar-refractivity contribution in [2.24, 2.45) is 5.92 Å². The van der Waals surface area contributed by atoms with Crippen LogP contribution in [-0.2, 0) is 12.6 Å². The zero-order valence-electron chi connectivity index (χ0n) is 17.6. The monoisotopic (exact) mass is 409 g/mol. The van der Waals surface area contributed by atoms with Gasteiger partial charge in [0, 0.05) is 18.9 Å². The van der Waals surface area contributed by atoms with Crippen LogP contribution in [-0.4, -0.2) is 23.6 Å². The van der Waals surface area contributed by atoms with Gasteiger partial charge < -0.3 is 9.64 Å². The number of anilines is 2. The number of nitrogens with zero attached hydrogens (tertiary/aromatic N) is 3. The van der Waals surface area contributed by atoms with Crippen molar-refractivity contribution in [1.82, 2.24) is 9.97 Å². The third-order valence-electron chi connectivity index (χ3n) is 4.57. The van der Waals surface area contributed by atoms with Crippen LogP contribution in [0.5, 0.6) is 6.01 Å². The average molecular weight is 409 g/mol. The maximum atomic E-state index is 13.5. The molecule has 0 fully saturated rings. The van der Waals surface area contributed by atoms with E-state index in [0.717, 1.165) is 43.9 Å². The highest BCUT2D eigenvalue weighted by Gasteiger charge is 2.36. The van der Waals surface area contributed by atoms with Crippen LogP contribution < -0.4 is 9.64 Å². The molecule has 0 bridgehead atoms. The fourth-order valence-corrected chi connectivity index (χ4v) is 3.02. The molecule has 0 aliphatic rings. The molecule has 2 aromatic rings. The number of hydrogen-bond acceptors (Lipinski definition) is 4. The Bertz CT molecular complexity index is 761. The molecular formula is C22H30F3N3O. The number of alkyl halides is 3. The van der Waals surface area contributed by atoms with Crippen molar-refractivity contribution in [2.75, 3.05) is 18.6 Å². The second kappa shape index (κ2) is 10.5. The largest absolute Gasteiger partial charge is 0.463 e. The number of aromatic nitrogens is 2. The molecule has 160 valence electrons. The number of unbranched alkanes of at least 4 members (excludes halogenated alkanes) is 3. The molecule has 0 amide bonds. The normalized spacial score (nSPS) is 11.7. The van der Waals surface area contributed by atoms with Crippen molar-refractivity contribution in [2.45, 2.75) is 59.1 Å². The maximum Gasteiger partial charge on any atom is 0.421 e. The smallest absolute Gasteiger partial charge is 0.421 e. The summed E-state index contributed by atoms with van der Waals surface area (Å²) in [6, 6.07) is 7.46. The van der Waals surface area contributed by atoms with Crippen molar-refractivity contribution in [1.29, 1.82) is 0 Å². The quantitative estimate of drug-likeness (QED) is 0.424. The zero-order valence-corrected chi connectivity index (χ0v) is 17.6. The minimum atomic E-state index is -4.55. The Morgan fingerprint density at radius 3 is 2.34 bits per heavy atom. The van der Waals surface area contributed by atoms with Gasteiger partial charge in [0.1, 0.15) is 5.56 Å². The lowest BCUT2D eigenvalue weighted by atomic mass is 10.0. The van der Waals surface area contributed by atoms with Gasteiger partial charge in [-0.15, -0.1) is 0 Å². The van der Waals surface area contributed by atoms with E-state index in [9.17, 15) is 13.2 Å². The molecule has 0 saturated carbocycles. The third-order valence-corrected chi connectivity index (χ3v) is 4.57. The number of ether oxygens (including phenoxy) is 1. The molecule has 1 aromatic carbocycles. The Hall–Kier alpha value is -2.31. The summed E-state index contributed by atoms with van der Waals surface area (Å²) in [6.07, 6.45) is 1.18. The first-order valence-corrected chi connectivity index (χ1v) is 10.1. The minimum Gasteiger partial charge on any atom is -0.463 e. The molecule has 29 heavy (non-hydrogen) atoms. The first-order valence-electron chi connectivity index (χ1n) is 10.1. The summed E-state index contributed by atoms with van der Waals surface area (Å²) in [5.41, 5.74) is 0.882. The summed E-state index contributed by atoms with van der Waals surface area (Å²) < 4.78 is 46.0. The Morgan fingerprint density at radius 1 is 1.07 bits per heavy atom. The summed E-state index contributed by atoms with van der Waals surface area (Å²) in [5, 5.41) is 0. The predicted molar refractivity (Wildman–Crippen MR) is 110 cm³/mol. The summed E-state index contributed by atoms with van der Waals surface area (Å²) in [6.45, 7) is 6.75.